The molecular formula is C15H15N3O3S. The number of para-hydroxylation sites is 1. The molecule has 0 aliphatic carbocycles. The first-order valence-corrected chi connectivity index (χ1v) is 7.81. The number of fused-ring (bicyclic) bond motifs is 1. The summed E-state index contributed by atoms with van der Waals surface area (Å²) in [5.41, 5.74) is 1.21. The number of aromatic nitrogens is 2. The van der Waals surface area contributed by atoms with Gasteiger partial charge in [-0.05, 0) is 12.1 Å². The summed E-state index contributed by atoms with van der Waals surface area (Å²) in [5.74, 6) is 0.0744. The van der Waals surface area contributed by atoms with Gasteiger partial charge in [-0.15, -0.1) is 11.8 Å². The fraction of sp³-hybridized carbons (Fsp3) is 0.267. The Morgan fingerprint density at radius 1 is 1.36 bits per heavy atom. The smallest absolute Gasteiger partial charge is 0.341 e. The first-order valence-electron chi connectivity index (χ1n) is 6.83. The molecule has 0 bridgehead atoms. The molecule has 1 aliphatic heterocycles. The first kappa shape index (κ1) is 14.6. The fourth-order valence-electron chi connectivity index (χ4n) is 2.24. The van der Waals surface area contributed by atoms with Crippen molar-refractivity contribution in [2.24, 2.45) is 7.05 Å². The van der Waals surface area contributed by atoms with Crippen molar-refractivity contribution in [3.63, 3.8) is 0 Å². The highest BCUT2D eigenvalue weighted by Crippen LogP contribution is 2.34. The molecule has 0 N–H and O–H groups in total. The minimum Gasteiger partial charge on any atom is -0.452 e. The molecule has 6 nitrogen and oxygen atoms in total. The molecule has 3 rings (SSSR count). The number of esters is 1. The predicted molar refractivity (Wildman–Crippen MR) is 83.0 cm³/mol. The zero-order valence-corrected chi connectivity index (χ0v) is 12.9. The molecule has 2 aromatic rings. The SMILES string of the molecule is Cn1cc(C(=O)OCC(=O)N2CCSc3ccccc32)cn1. The third kappa shape index (κ3) is 2.99. The Balaban J connectivity index is 1.65. The van der Waals surface area contributed by atoms with Crippen LogP contribution in [-0.4, -0.2) is 40.6 Å². The molecule has 0 saturated heterocycles. The van der Waals surface area contributed by atoms with E-state index in [2.05, 4.69) is 5.10 Å². The maximum atomic E-state index is 12.3. The summed E-state index contributed by atoms with van der Waals surface area (Å²) < 4.78 is 6.59. The molecule has 0 fully saturated rings. The molecule has 114 valence electrons. The van der Waals surface area contributed by atoms with E-state index in [9.17, 15) is 9.59 Å². The third-order valence-corrected chi connectivity index (χ3v) is 4.34. The van der Waals surface area contributed by atoms with E-state index in [1.807, 2.05) is 24.3 Å². The van der Waals surface area contributed by atoms with Gasteiger partial charge in [-0.1, -0.05) is 12.1 Å². The number of anilines is 1. The van der Waals surface area contributed by atoms with Crippen LogP contribution in [0.3, 0.4) is 0 Å². The van der Waals surface area contributed by atoms with Crippen LogP contribution in [0.5, 0.6) is 0 Å². The average Bonchev–Trinajstić information content (AvgIpc) is 2.98. The van der Waals surface area contributed by atoms with Gasteiger partial charge in [0.2, 0.25) is 0 Å². The molecule has 0 radical (unpaired) electrons. The Bertz CT molecular complexity index is 714. The Hall–Kier alpha value is -2.28. The van der Waals surface area contributed by atoms with Gasteiger partial charge in [-0.3, -0.25) is 9.48 Å². The number of aryl methyl sites for hydroxylation is 1. The van der Waals surface area contributed by atoms with Gasteiger partial charge < -0.3 is 9.64 Å². The van der Waals surface area contributed by atoms with Gasteiger partial charge >= 0.3 is 5.97 Å². The molecule has 0 unspecified atom stereocenters. The largest absolute Gasteiger partial charge is 0.452 e. The van der Waals surface area contributed by atoms with Crippen molar-refractivity contribution >= 4 is 29.3 Å². The van der Waals surface area contributed by atoms with Gasteiger partial charge in [0.15, 0.2) is 6.61 Å². The highest BCUT2D eigenvalue weighted by Gasteiger charge is 2.23. The van der Waals surface area contributed by atoms with Gasteiger partial charge in [0.25, 0.3) is 5.91 Å². The van der Waals surface area contributed by atoms with Crippen LogP contribution in [0.1, 0.15) is 10.4 Å². The minimum atomic E-state index is -0.541. The summed E-state index contributed by atoms with van der Waals surface area (Å²) in [7, 11) is 1.71. The van der Waals surface area contributed by atoms with Gasteiger partial charge in [0.05, 0.1) is 17.4 Å². The number of hydrogen-bond donors (Lipinski definition) is 0. The third-order valence-electron chi connectivity index (χ3n) is 3.30. The fourth-order valence-corrected chi connectivity index (χ4v) is 3.24. The van der Waals surface area contributed by atoms with E-state index in [1.165, 1.54) is 10.9 Å². The highest BCUT2D eigenvalue weighted by molar-refractivity contribution is 7.99. The lowest BCUT2D eigenvalue weighted by atomic mass is 10.2. The van der Waals surface area contributed by atoms with Gasteiger partial charge in [-0.25, -0.2) is 4.79 Å². The average molecular weight is 317 g/mol. The molecule has 7 heteroatoms. The van der Waals surface area contributed by atoms with Crippen LogP contribution in [0.25, 0.3) is 0 Å². The van der Waals surface area contributed by atoms with E-state index in [-0.39, 0.29) is 12.5 Å². The number of hydrogen-bond acceptors (Lipinski definition) is 5. The summed E-state index contributed by atoms with van der Waals surface area (Å²) in [6, 6.07) is 7.73. The zero-order valence-electron chi connectivity index (χ0n) is 12.1. The topological polar surface area (TPSA) is 64.4 Å². The predicted octanol–water partition coefficient (Wildman–Crippen LogP) is 1.72. The minimum absolute atomic E-state index is 0.218. The molecule has 22 heavy (non-hydrogen) atoms. The van der Waals surface area contributed by atoms with E-state index >= 15 is 0 Å². The lowest BCUT2D eigenvalue weighted by molar-refractivity contribution is -0.121. The molecule has 0 saturated carbocycles. The van der Waals surface area contributed by atoms with E-state index in [1.54, 1.807) is 29.9 Å². The number of amides is 1. The Morgan fingerprint density at radius 2 is 2.18 bits per heavy atom. The number of thioether (sulfide) groups is 1. The summed E-state index contributed by atoms with van der Waals surface area (Å²) in [4.78, 5) is 26.9. The van der Waals surface area contributed by atoms with E-state index in [0.717, 1.165) is 16.3 Å². The zero-order chi connectivity index (χ0) is 15.5. The van der Waals surface area contributed by atoms with Crippen LogP contribution < -0.4 is 4.90 Å². The van der Waals surface area contributed by atoms with Crippen LogP contribution in [0.2, 0.25) is 0 Å². The van der Waals surface area contributed by atoms with Crippen molar-refractivity contribution in [1.29, 1.82) is 0 Å². The molecule has 2 heterocycles. The van der Waals surface area contributed by atoms with Crippen LogP contribution >= 0.6 is 11.8 Å². The molecule has 0 spiro atoms. The van der Waals surface area contributed by atoms with Gasteiger partial charge in [0.1, 0.15) is 0 Å². The Labute approximate surface area is 132 Å². The van der Waals surface area contributed by atoms with Gasteiger partial charge in [-0.2, -0.15) is 5.10 Å². The molecule has 1 aliphatic rings. The highest BCUT2D eigenvalue weighted by atomic mass is 32.2. The first-order chi connectivity index (χ1) is 10.6. The van der Waals surface area contributed by atoms with Crippen LogP contribution in [0, 0.1) is 0 Å². The number of nitrogens with zero attached hydrogens (tertiary/aromatic N) is 3. The van der Waals surface area contributed by atoms with Crippen molar-refractivity contribution in [3.8, 4) is 0 Å². The maximum Gasteiger partial charge on any atom is 0.341 e. The Morgan fingerprint density at radius 3 is 2.95 bits per heavy atom. The molecule has 1 aromatic carbocycles. The lowest BCUT2D eigenvalue weighted by Gasteiger charge is -2.28. The van der Waals surface area contributed by atoms with Crippen LogP contribution in [0.15, 0.2) is 41.6 Å². The lowest BCUT2D eigenvalue weighted by Crippen LogP contribution is -2.38. The molecular weight excluding hydrogens is 302 g/mol. The second-order valence-electron chi connectivity index (χ2n) is 4.84. The van der Waals surface area contributed by atoms with Crippen molar-refractivity contribution in [1.82, 2.24) is 9.78 Å². The molecule has 0 atom stereocenters. The maximum absolute atomic E-state index is 12.3. The second-order valence-corrected chi connectivity index (χ2v) is 5.98. The van der Waals surface area contributed by atoms with Crippen molar-refractivity contribution in [3.05, 3.63) is 42.2 Å². The van der Waals surface area contributed by atoms with Crippen molar-refractivity contribution in [2.75, 3.05) is 23.8 Å². The number of rotatable bonds is 3. The summed E-state index contributed by atoms with van der Waals surface area (Å²) in [6.07, 6.45) is 2.97. The van der Waals surface area contributed by atoms with Gasteiger partial charge in [0, 0.05) is 30.4 Å². The second kappa shape index (κ2) is 6.23. The summed E-state index contributed by atoms with van der Waals surface area (Å²) in [6.45, 7) is 0.345. The number of carbonyl (C=O) groups is 2. The van der Waals surface area contributed by atoms with E-state index < -0.39 is 5.97 Å². The van der Waals surface area contributed by atoms with Crippen molar-refractivity contribution in [2.45, 2.75) is 4.90 Å². The summed E-state index contributed by atoms with van der Waals surface area (Å²) in [5, 5.41) is 3.90. The summed E-state index contributed by atoms with van der Waals surface area (Å²) >= 11 is 1.72. The van der Waals surface area contributed by atoms with E-state index in [4.69, 9.17) is 4.74 Å². The van der Waals surface area contributed by atoms with E-state index in [0.29, 0.717) is 12.1 Å². The number of ether oxygens (including phenoxy) is 1. The van der Waals surface area contributed by atoms with Crippen molar-refractivity contribution < 1.29 is 14.3 Å². The van der Waals surface area contributed by atoms with Crippen LogP contribution in [0.4, 0.5) is 5.69 Å². The van der Waals surface area contributed by atoms with Crippen LogP contribution in [-0.2, 0) is 16.6 Å². The monoisotopic (exact) mass is 317 g/mol. The Kier molecular flexibility index (Phi) is 4.15. The number of benzene rings is 1. The standard InChI is InChI=1S/C15H15N3O3S/c1-17-9-11(8-16-17)15(20)21-10-14(19)18-6-7-22-13-5-3-2-4-12(13)18/h2-5,8-9H,6-7,10H2,1H3. The normalized spacial score (nSPS) is 13.6. The molecule has 1 aromatic heterocycles. The number of carbonyl (C=O) groups excluding carboxylic acids is 2. The molecule has 1 amide bonds. The quantitative estimate of drug-likeness (QED) is 0.807.